The van der Waals surface area contributed by atoms with Crippen molar-refractivity contribution in [2.75, 3.05) is 18.9 Å². The van der Waals surface area contributed by atoms with Crippen molar-refractivity contribution < 1.29 is 14.7 Å². The van der Waals surface area contributed by atoms with Crippen LogP contribution in [-0.2, 0) is 4.79 Å². The van der Waals surface area contributed by atoms with Crippen molar-refractivity contribution in [3.63, 3.8) is 0 Å². The number of hydrogen-bond acceptors (Lipinski definition) is 4. The highest BCUT2D eigenvalue weighted by Gasteiger charge is 2.09. The SMILES string of the molecule is CCNC(=O)NC(=O)CSC(C)CCO. The first kappa shape index (κ1) is 14.2. The fourth-order valence-electron chi connectivity index (χ4n) is 0.851. The maximum atomic E-state index is 11.2. The fourth-order valence-corrected chi connectivity index (χ4v) is 1.63. The monoisotopic (exact) mass is 234 g/mol. The fraction of sp³-hybridized carbons (Fsp3) is 0.778. The largest absolute Gasteiger partial charge is 0.396 e. The van der Waals surface area contributed by atoms with Gasteiger partial charge in [0.1, 0.15) is 0 Å². The van der Waals surface area contributed by atoms with E-state index in [2.05, 4.69) is 10.6 Å². The molecule has 15 heavy (non-hydrogen) atoms. The molecule has 0 aromatic heterocycles. The van der Waals surface area contributed by atoms with E-state index in [0.29, 0.717) is 13.0 Å². The average Bonchev–Trinajstić information content (AvgIpc) is 2.15. The van der Waals surface area contributed by atoms with Gasteiger partial charge in [0.25, 0.3) is 0 Å². The van der Waals surface area contributed by atoms with Gasteiger partial charge >= 0.3 is 6.03 Å². The van der Waals surface area contributed by atoms with Crippen LogP contribution in [0, 0.1) is 0 Å². The summed E-state index contributed by atoms with van der Waals surface area (Å²) in [6.07, 6.45) is 0.652. The van der Waals surface area contributed by atoms with Crippen LogP contribution in [0.4, 0.5) is 4.79 Å². The van der Waals surface area contributed by atoms with Crippen LogP contribution in [0.1, 0.15) is 20.3 Å². The van der Waals surface area contributed by atoms with Crippen LogP contribution in [0.5, 0.6) is 0 Å². The van der Waals surface area contributed by atoms with Crippen molar-refractivity contribution >= 4 is 23.7 Å². The molecular weight excluding hydrogens is 216 g/mol. The molecule has 0 heterocycles. The summed E-state index contributed by atoms with van der Waals surface area (Å²) in [5.74, 6) is -0.0751. The molecule has 0 aromatic carbocycles. The molecule has 0 aliphatic rings. The quantitative estimate of drug-likeness (QED) is 0.619. The predicted molar refractivity (Wildman–Crippen MR) is 60.8 cm³/mol. The van der Waals surface area contributed by atoms with Gasteiger partial charge < -0.3 is 10.4 Å². The van der Waals surface area contributed by atoms with Gasteiger partial charge in [-0.15, -0.1) is 11.8 Å². The third kappa shape index (κ3) is 8.26. The van der Waals surface area contributed by atoms with Crippen LogP contribution in [0.15, 0.2) is 0 Å². The number of carbonyl (C=O) groups excluding carboxylic acids is 2. The zero-order valence-electron chi connectivity index (χ0n) is 9.08. The lowest BCUT2D eigenvalue weighted by Gasteiger charge is -2.09. The van der Waals surface area contributed by atoms with Gasteiger partial charge in [0.15, 0.2) is 0 Å². The smallest absolute Gasteiger partial charge is 0.321 e. The highest BCUT2D eigenvalue weighted by molar-refractivity contribution is 8.00. The number of amides is 3. The summed E-state index contributed by atoms with van der Waals surface area (Å²) in [4.78, 5) is 22.1. The van der Waals surface area contributed by atoms with Gasteiger partial charge in [0.2, 0.25) is 5.91 Å². The molecule has 0 saturated carbocycles. The van der Waals surface area contributed by atoms with E-state index in [-0.39, 0.29) is 23.5 Å². The first-order chi connectivity index (χ1) is 7.10. The minimum atomic E-state index is -0.460. The Hall–Kier alpha value is -0.750. The number of rotatable bonds is 6. The van der Waals surface area contributed by atoms with Crippen LogP contribution < -0.4 is 10.6 Å². The molecule has 0 spiro atoms. The van der Waals surface area contributed by atoms with Gasteiger partial charge in [-0.05, 0) is 13.3 Å². The van der Waals surface area contributed by atoms with Gasteiger partial charge in [-0.1, -0.05) is 6.92 Å². The van der Waals surface area contributed by atoms with Crippen molar-refractivity contribution in [1.82, 2.24) is 10.6 Å². The minimum Gasteiger partial charge on any atom is -0.396 e. The summed E-state index contributed by atoms with van der Waals surface area (Å²) >= 11 is 1.42. The second-order valence-corrected chi connectivity index (χ2v) is 4.47. The Bertz CT molecular complexity index is 212. The Morgan fingerprint density at radius 3 is 2.67 bits per heavy atom. The van der Waals surface area contributed by atoms with Crippen LogP contribution in [0.25, 0.3) is 0 Å². The van der Waals surface area contributed by atoms with E-state index in [4.69, 9.17) is 5.11 Å². The van der Waals surface area contributed by atoms with Crippen LogP contribution in [-0.4, -0.2) is 41.2 Å². The molecule has 1 unspecified atom stereocenters. The number of hydrogen-bond donors (Lipinski definition) is 3. The molecule has 3 amide bonds. The van der Waals surface area contributed by atoms with E-state index in [1.54, 1.807) is 6.92 Å². The molecule has 0 aliphatic carbocycles. The van der Waals surface area contributed by atoms with Gasteiger partial charge in [0, 0.05) is 18.4 Å². The van der Waals surface area contributed by atoms with Crippen LogP contribution in [0.2, 0.25) is 0 Å². The normalized spacial score (nSPS) is 11.9. The number of aliphatic hydroxyl groups excluding tert-OH is 1. The minimum absolute atomic E-state index is 0.117. The van der Waals surface area contributed by atoms with Crippen molar-refractivity contribution in [1.29, 1.82) is 0 Å². The zero-order valence-corrected chi connectivity index (χ0v) is 9.89. The van der Waals surface area contributed by atoms with Crippen LogP contribution in [0.3, 0.4) is 0 Å². The molecule has 0 radical (unpaired) electrons. The predicted octanol–water partition coefficient (Wildman–Crippen LogP) is 0.336. The molecule has 0 rings (SSSR count). The van der Waals surface area contributed by atoms with E-state index >= 15 is 0 Å². The maximum absolute atomic E-state index is 11.2. The topological polar surface area (TPSA) is 78.4 Å². The average molecular weight is 234 g/mol. The second kappa shape index (κ2) is 8.55. The summed E-state index contributed by atoms with van der Waals surface area (Å²) in [6.45, 7) is 4.32. The molecule has 0 saturated heterocycles. The molecule has 1 atom stereocenters. The van der Waals surface area contributed by atoms with Gasteiger partial charge in [-0.3, -0.25) is 10.1 Å². The van der Waals surface area contributed by atoms with E-state index in [1.807, 2.05) is 6.92 Å². The number of aliphatic hydroxyl groups is 1. The van der Waals surface area contributed by atoms with E-state index in [9.17, 15) is 9.59 Å². The van der Waals surface area contributed by atoms with E-state index < -0.39 is 6.03 Å². The van der Waals surface area contributed by atoms with Gasteiger partial charge in [-0.25, -0.2) is 4.79 Å². The number of urea groups is 1. The summed E-state index contributed by atoms with van der Waals surface area (Å²) in [6, 6.07) is -0.460. The second-order valence-electron chi connectivity index (χ2n) is 3.04. The molecule has 0 fully saturated rings. The first-order valence-corrected chi connectivity index (χ1v) is 5.95. The van der Waals surface area contributed by atoms with Gasteiger partial charge in [-0.2, -0.15) is 0 Å². The zero-order chi connectivity index (χ0) is 11.7. The molecular formula is C9H18N2O3S. The van der Waals surface area contributed by atoms with E-state index in [1.165, 1.54) is 11.8 Å². The summed E-state index contributed by atoms with van der Waals surface area (Å²) in [5.41, 5.74) is 0. The molecule has 6 heteroatoms. The lowest BCUT2D eigenvalue weighted by molar-refractivity contribution is -0.117. The Morgan fingerprint density at radius 2 is 2.13 bits per heavy atom. The highest BCUT2D eigenvalue weighted by atomic mass is 32.2. The van der Waals surface area contributed by atoms with Crippen molar-refractivity contribution in [2.24, 2.45) is 0 Å². The standard InChI is InChI=1S/C9H18N2O3S/c1-3-10-9(14)11-8(13)6-15-7(2)4-5-12/h7,12H,3-6H2,1-2H3,(H2,10,11,13,14). The number of carbonyl (C=O) groups is 2. The Morgan fingerprint density at radius 1 is 1.47 bits per heavy atom. The van der Waals surface area contributed by atoms with E-state index in [0.717, 1.165) is 0 Å². The lowest BCUT2D eigenvalue weighted by atomic mass is 10.3. The number of thioether (sulfide) groups is 1. The van der Waals surface area contributed by atoms with Crippen molar-refractivity contribution in [3.05, 3.63) is 0 Å². The first-order valence-electron chi connectivity index (χ1n) is 4.90. The molecule has 0 bridgehead atoms. The van der Waals surface area contributed by atoms with Crippen molar-refractivity contribution in [3.8, 4) is 0 Å². The summed E-state index contributed by atoms with van der Waals surface area (Å²) < 4.78 is 0. The summed E-state index contributed by atoms with van der Waals surface area (Å²) in [5, 5.41) is 13.5. The van der Waals surface area contributed by atoms with Crippen LogP contribution >= 0.6 is 11.8 Å². The Balaban J connectivity index is 3.61. The Labute approximate surface area is 94.0 Å². The maximum Gasteiger partial charge on any atom is 0.321 e. The molecule has 0 aromatic rings. The van der Waals surface area contributed by atoms with Crippen molar-refractivity contribution in [2.45, 2.75) is 25.5 Å². The third-order valence-corrected chi connectivity index (χ3v) is 2.86. The third-order valence-electron chi connectivity index (χ3n) is 1.62. The number of imide groups is 1. The lowest BCUT2D eigenvalue weighted by Crippen LogP contribution is -2.40. The molecule has 3 N–H and O–H groups in total. The molecule has 5 nitrogen and oxygen atoms in total. The molecule has 0 aliphatic heterocycles. The van der Waals surface area contributed by atoms with Gasteiger partial charge in [0.05, 0.1) is 5.75 Å². The Kier molecular flexibility index (Phi) is 8.12. The summed E-state index contributed by atoms with van der Waals surface area (Å²) in [7, 11) is 0. The highest BCUT2D eigenvalue weighted by Crippen LogP contribution is 2.12. The number of nitrogens with one attached hydrogen (secondary N) is 2. The molecule has 88 valence electrons.